The Morgan fingerprint density at radius 1 is 1.19 bits per heavy atom. The van der Waals surface area contributed by atoms with Crippen molar-refractivity contribution in [3.63, 3.8) is 0 Å². The van der Waals surface area contributed by atoms with Gasteiger partial charge < -0.3 is 15.0 Å². The third-order valence-electron chi connectivity index (χ3n) is 4.45. The average Bonchev–Trinajstić information content (AvgIpc) is 3.40. The molecule has 1 aromatic carbocycles. The molecule has 7 nitrogen and oxygen atoms in total. The van der Waals surface area contributed by atoms with Crippen molar-refractivity contribution in [1.29, 1.82) is 0 Å². The number of morpholine rings is 1. The summed E-state index contributed by atoms with van der Waals surface area (Å²) in [6.45, 7) is 3.70. The van der Waals surface area contributed by atoms with Crippen LogP contribution in [0.5, 0.6) is 0 Å². The van der Waals surface area contributed by atoms with Gasteiger partial charge in [0.25, 0.3) is 0 Å². The summed E-state index contributed by atoms with van der Waals surface area (Å²) in [6.07, 6.45) is 2.20. The molecule has 1 N–H and O–H groups in total. The van der Waals surface area contributed by atoms with Crippen molar-refractivity contribution < 1.29 is 9.53 Å². The first kappa shape index (κ1) is 17.4. The fraction of sp³-hybridized carbons (Fsp3) is 0.500. The molecule has 1 aliphatic carbocycles. The number of hydrogen-bond donors (Lipinski definition) is 1. The molecule has 2 fully saturated rings. The fourth-order valence-corrected chi connectivity index (χ4v) is 3.66. The SMILES string of the molecule is O=C(CSc1nnc(N2CCOCC2)n1Cc1ccccc1)NC1CC1. The van der Waals surface area contributed by atoms with Gasteiger partial charge >= 0.3 is 0 Å². The third kappa shape index (κ3) is 4.37. The molecule has 4 rings (SSSR count). The summed E-state index contributed by atoms with van der Waals surface area (Å²) in [5.74, 6) is 1.29. The van der Waals surface area contributed by atoms with Gasteiger partial charge in [0.05, 0.1) is 25.5 Å². The Labute approximate surface area is 157 Å². The smallest absolute Gasteiger partial charge is 0.230 e. The molecule has 1 saturated carbocycles. The Morgan fingerprint density at radius 2 is 1.96 bits per heavy atom. The summed E-state index contributed by atoms with van der Waals surface area (Å²) in [7, 11) is 0. The number of carbonyl (C=O) groups excluding carboxylic acids is 1. The van der Waals surface area contributed by atoms with Crippen molar-refractivity contribution in [3.8, 4) is 0 Å². The molecule has 26 heavy (non-hydrogen) atoms. The van der Waals surface area contributed by atoms with Crippen LogP contribution in [0.1, 0.15) is 18.4 Å². The minimum Gasteiger partial charge on any atom is -0.378 e. The molecule has 1 aromatic heterocycles. The highest BCUT2D eigenvalue weighted by Crippen LogP contribution is 2.25. The van der Waals surface area contributed by atoms with Crippen molar-refractivity contribution in [2.24, 2.45) is 0 Å². The molecule has 0 bridgehead atoms. The highest BCUT2D eigenvalue weighted by molar-refractivity contribution is 7.99. The van der Waals surface area contributed by atoms with Gasteiger partial charge in [0, 0.05) is 19.1 Å². The molecule has 8 heteroatoms. The normalized spacial score (nSPS) is 17.3. The largest absolute Gasteiger partial charge is 0.378 e. The van der Waals surface area contributed by atoms with Gasteiger partial charge in [-0.3, -0.25) is 9.36 Å². The topological polar surface area (TPSA) is 72.3 Å². The van der Waals surface area contributed by atoms with Crippen molar-refractivity contribution >= 4 is 23.6 Å². The van der Waals surface area contributed by atoms with Crippen LogP contribution in [0.25, 0.3) is 0 Å². The van der Waals surface area contributed by atoms with E-state index in [2.05, 4.69) is 37.1 Å². The van der Waals surface area contributed by atoms with Crippen LogP contribution in [0.4, 0.5) is 5.95 Å². The zero-order valence-corrected chi connectivity index (χ0v) is 15.5. The molecular weight excluding hydrogens is 350 g/mol. The summed E-state index contributed by atoms with van der Waals surface area (Å²) in [5, 5.41) is 12.6. The minimum atomic E-state index is 0.0692. The Hall–Kier alpha value is -2.06. The van der Waals surface area contributed by atoms with E-state index in [0.29, 0.717) is 31.6 Å². The van der Waals surface area contributed by atoms with E-state index in [0.717, 1.165) is 37.0 Å². The van der Waals surface area contributed by atoms with Crippen LogP contribution in [-0.4, -0.2) is 58.8 Å². The van der Waals surface area contributed by atoms with Gasteiger partial charge in [-0.15, -0.1) is 10.2 Å². The van der Waals surface area contributed by atoms with E-state index in [9.17, 15) is 4.79 Å². The predicted molar refractivity (Wildman–Crippen MR) is 100 cm³/mol. The number of rotatable bonds is 7. The van der Waals surface area contributed by atoms with Crippen LogP contribution >= 0.6 is 11.8 Å². The zero-order chi connectivity index (χ0) is 17.8. The number of hydrogen-bond acceptors (Lipinski definition) is 6. The maximum Gasteiger partial charge on any atom is 0.230 e. The van der Waals surface area contributed by atoms with Crippen LogP contribution in [0.15, 0.2) is 35.5 Å². The summed E-state index contributed by atoms with van der Waals surface area (Å²) < 4.78 is 7.56. The molecule has 1 saturated heterocycles. The van der Waals surface area contributed by atoms with Crippen LogP contribution in [0.2, 0.25) is 0 Å². The average molecular weight is 373 g/mol. The van der Waals surface area contributed by atoms with E-state index in [-0.39, 0.29) is 5.91 Å². The first-order valence-corrected chi connectivity index (χ1v) is 10.00. The number of amides is 1. The van der Waals surface area contributed by atoms with Crippen LogP contribution < -0.4 is 10.2 Å². The lowest BCUT2D eigenvalue weighted by Crippen LogP contribution is -2.38. The Kier molecular flexibility index (Phi) is 5.40. The maximum absolute atomic E-state index is 12.0. The van der Waals surface area contributed by atoms with Crippen molar-refractivity contribution in [3.05, 3.63) is 35.9 Å². The fourth-order valence-electron chi connectivity index (χ4n) is 2.92. The van der Waals surface area contributed by atoms with Gasteiger partial charge in [0.2, 0.25) is 11.9 Å². The van der Waals surface area contributed by atoms with E-state index < -0.39 is 0 Å². The highest BCUT2D eigenvalue weighted by Gasteiger charge is 2.24. The first-order valence-electron chi connectivity index (χ1n) is 9.01. The Morgan fingerprint density at radius 3 is 2.69 bits per heavy atom. The van der Waals surface area contributed by atoms with E-state index in [1.54, 1.807) is 0 Å². The van der Waals surface area contributed by atoms with Gasteiger partial charge in [-0.25, -0.2) is 0 Å². The number of aromatic nitrogens is 3. The molecule has 138 valence electrons. The molecule has 2 heterocycles. The number of ether oxygens (including phenoxy) is 1. The second-order valence-electron chi connectivity index (χ2n) is 6.58. The number of anilines is 1. The van der Waals surface area contributed by atoms with Gasteiger partial charge in [0.15, 0.2) is 5.16 Å². The standard InChI is InChI=1S/C18H23N5O2S/c24-16(19-15-6-7-15)13-26-18-21-20-17(22-8-10-25-11-9-22)23(18)12-14-4-2-1-3-5-14/h1-5,15H,6-13H2,(H,19,24). The number of benzene rings is 1. The molecule has 0 radical (unpaired) electrons. The zero-order valence-electron chi connectivity index (χ0n) is 14.6. The van der Waals surface area contributed by atoms with E-state index in [4.69, 9.17) is 4.74 Å². The quantitative estimate of drug-likeness (QED) is 0.742. The second kappa shape index (κ2) is 8.09. The highest BCUT2D eigenvalue weighted by atomic mass is 32.2. The molecule has 1 amide bonds. The van der Waals surface area contributed by atoms with Crippen molar-refractivity contribution in [2.75, 3.05) is 37.0 Å². The molecule has 0 atom stereocenters. The van der Waals surface area contributed by atoms with Crippen LogP contribution in [0.3, 0.4) is 0 Å². The molecule has 0 unspecified atom stereocenters. The van der Waals surface area contributed by atoms with Gasteiger partial charge in [-0.1, -0.05) is 42.1 Å². The van der Waals surface area contributed by atoms with E-state index in [1.807, 2.05) is 18.2 Å². The monoisotopic (exact) mass is 373 g/mol. The predicted octanol–water partition coefficient (Wildman–Crippen LogP) is 1.53. The Balaban J connectivity index is 1.51. The lowest BCUT2D eigenvalue weighted by molar-refractivity contribution is -0.118. The number of nitrogens with zero attached hydrogens (tertiary/aromatic N) is 4. The summed E-state index contributed by atoms with van der Waals surface area (Å²) in [5.41, 5.74) is 1.19. The van der Waals surface area contributed by atoms with Crippen LogP contribution in [0, 0.1) is 0 Å². The second-order valence-corrected chi connectivity index (χ2v) is 7.53. The van der Waals surface area contributed by atoms with Crippen molar-refractivity contribution in [1.82, 2.24) is 20.1 Å². The maximum atomic E-state index is 12.0. The van der Waals surface area contributed by atoms with Gasteiger partial charge in [-0.05, 0) is 18.4 Å². The molecular formula is C18H23N5O2S. The number of carbonyl (C=O) groups is 1. The molecule has 2 aromatic rings. The summed E-state index contributed by atoms with van der Waals surface area (Å²) in [6, 6.07) is 10.6. The minimum absolute atomic E-state index is 0.0692. The molecule has 1 aliphatic heterocycles. The Bertz CT molecular complexity index is 741. The first-order chi connectivity index (χ1) is 12.8. The van der Waals surface area contributed by atoms with E-state index >= 15 is 0 Å². The van der Waals surface area contributed by atoms with Crippen LogP contribution in [-0.2, 0) is 16.1 Å². The molecule has 0 spiro atoms. The van der Waals surface area contributed by atoms with Gasteiger partial charge in [-0.2, -0.15) is 0 Å². The van der Waals surface area contributed by atoms with Crippen molar-refractivity contribution in [2.45, 2.75) is 30.6 Å². The van der Waals surface area contributed by atoms with Gasteiger partial charge in [0.1, 0.15) is 0 Å². The molecule has 2 aliphatic rings. The summed E-state index contributed by atoms with van der Waals surface area (Å²) in [4.78, 5) is 14.2. The lowest BCUT2D eigenvalue weighted by Gasteiger charge is -2.28. The number of nitrogens with one attached hydrogen (secondary N) is 1. The number of thioether (sulfide) groups is 1. The third-order valence-corrected chi connectivity index (χ3v) is 5.42. The summed E-state index contributed by atoms with van der Waals surface area (Å²) >= 11 is 1.45. The lowest BCUT2D eigenvalue weighted by atomic mass is 10.2. The van der Waals surface area contributed by atoms with E-state index in [1.165, 1.54) is 17.3 Å².